The Bertz CT molecular complexity index is 807. The van der Waals surface area contributed by atoms with Gasteiger partial charge >= 0.3 is 0 Å². The average molecular weight is 415 g/mol. The number of rotatable bonds is 8. The first kappa shape index (κ1) is 21.4. The average Bonchev–Trinajstić information content (AvgIpc) is 3.26. The molecule has 6 heteroatoms. The quantitative estimate of drug-likeness (QED) is 0.667. The van der Waals surface area contributed by atoms with Crippen molar-refractivity contribution >= 4 is 23.6 Å². The Morgan fingerprint density at radius 2 is 1.69 bits per heavy atom. The molecule has 3 rings (SSSR count). The standard InChI is InChI=1S/C23H27FN2O2S/c1-25-21(27)15-20(16-11-13-18(24)14-12-16)26-23(28)22(17-7-3-2-4-8-17)29-19-9-5-6-10-19/h2-4,7-8,11-14,19-20,22H,5-6,9-10,15H2,1H3,(H,25,27)(H,26,28). The summed E-state index contributed by atoms with van der Waals surface area (Å²) in [7, 11) is 1.56. The van der Waals surface area contributed by atoms with Crippen molar-refractivity contribution in [3.63, 3.8) is 0 Å². The molecule has 1 fully saturated rings. The van der Waals surface area contributed by atoms with Crippen LogP contribution in [0.25, 0.3) is 0 Å². The molecule has 154 valence electrons. The van der Waals surface area contributed by atoms with E-state index in [1.165, 1.54) is 25.0 Å². The van der Waals surface area contributed by atoms with Crippen LogP contribution in [-0.4, -0.2) is 24.1 Å². The van der Waals surface area contributed by atoms with Crippen molar-refractivity contribution in [1.82, 2.24) is 10.6 Å². The number of nitrogens with one attached hydrogen (secondary N) is 2. The Hall–Kier alpha value is -2.34. The summed E-state index contributed by atoms with van der Waals surface area (Å²) in [6, 6.07) is 15.2. The van der Waals surface area contributed by atoms with Crippen molar-refractivity contribution in [2.45, 2.75) is 48.6 Å². The molecule has 0 radical (unpaired) electrons. The third-order valence-corrected chi connectivity index (χ3v) is 6.84. The number of carbonyl (C=O) groups is 2. The van der Waals surface area contributed by atoms with Crippen LogP contribution in [0.5, 0.6) is 0 Å². The molecule has 4 nitrogen and oxygen atoms in total. The molecule has 1 saturated carbocycles. The number of halogens is 1. The number of benzene rings is 2. The van der Waals surface area contributed by atoms with Crippen molar-refractivity contribution in [1.29, 1.82) is 0 Å². The Morgan fingerprint density at radius 1 is 1.03 bits per heavy atom. The van der Waals surface area contributed by atoms with Crippen LogP contribution in [-0.2, 0) is 9.59 Å². The number of amides is 2. The summed E-state index contributed by atoms with van der Waals surface area (Å²) in [5, 5.41) is 5.77. The van der Waals surface area contributed by atoms with Crippen molar-refractivity contribution in [2.75, 3.05) is 7.05 Å². The van der Waals surface area contributed by atoms with Gasteiger partial charge in [0.05, 0.1) is 12.5 Å². The van der Waals surface area contributed by atoms with Gasteiger partial charge in [-0.15, -0.1) is 11.8 Å². The first-order valence-electron chi connectivity index (χ1n) is 10.0. The fourth-order valence-corrected chi connectivity index (χ4v) is 5.11. The summed E-state index contributed by atoms with van der Waals surface area (Å²) >= 11 is 1.71. The molecule has 29 heavy (non-hydrogen) atoms. The fraction of sp³-hybridized carbons (Fsp3) is 0.391. The Morgan fingerprint density at radius 3 is 2.31 bits per heavy atom. The normalized spacial score (nSPS) is 16.2. The fourth-order valence-electron chi connectivity index (χ4n) is 3.62. The summed E-state index contributed by atoms with van der Waals surface area (Å²) in [6.07, 6.45) is 4.76. The zero-order chi connectivity index (χ0) is 20.6. The molecule has 2 unspecified atom stereocenters. The van der Waals surface area contributed by atoms with E-state index in [0.29, 0.717) is 10.8 Å². The van der Waals surface area contributed by atoms with Gasteiger partial charge in [-0.1, -0.05) is 55.3 Å². The second-order valence-electron chi connectivity index (χ2n) is 7.32. The highest BCUT2D eigenvalue weighted by Crippen LogP contribution is 2.40. The van der Waals surface area contributed by atoms with Gasteiger partial charge in [-0.3, -0.25) is 9.59 Å². The van der Waals surface area contributed by atoms with Crippen LogP contribution in [0.2, 0.25) is 0 Å². The number of hydrogen-bond donors (Lipinski definition) is 2. The Labute approximate surface area is 175 Å². The van der Waals surface area contributed by atoms with Crippen LogP contribution in [0.4, 0.5) is 4.39 Å². The van der Waals surface area contributed by atoms with E-state index in [2.05, 4.69) is 10.6 Å². The zero-order valence-corrected chi connectivity index (χ0v) is 17.4. The highest BCUT2D eigenvalue weighted by atomic mass is 32.2. The Kier molecular flexibility index (Phi) is 7.69. The van der Waals surface area contributed by atoms with Gasteiger partial charge in [0, 0.05) is 12.3 Å². The minimum Gasteiger partial charge on any atom is -0.359 e. The monoisotopic (exact) mass is 414 g/mol. The van der Waals surface area contributed by atoms with Gasteiger partial charge in [0.2, 0.25) is 11.8 Å². The second-order valence-corrected chi connectivity index (χ2v) is 8.73. The highest BCUT2D eigenvalue weighted by Gasteiger charge is 2.29. The van der Waals surface area contributed by atoms with Crippen molar-refractivity contribution in [3.05, 3.63) is 71.5 Å². The van der Waals surface area contributed by atoms with Crippen LogP contribution in [0.1, 0.15) is 54.5 Å². The van der Waals surface area contributed by atoms with E-state index < -0.39 is 6.04 Å². The maximum atomic E-state index is 13.3. The van der Waals surface area contributed by atoms with Crippen molar-refractivity contribution in [3.8, 4) is 0 Å². The van der Waals surface area contributed by atoms with Crippen LogP contribution < -0.4 is 10.6 Å². The second kappa shape index (κ2) is 10.4. The molecule has 0 heterocycles. The lowest BCUT2D eigenvalue weighted by Gasteiger charge is -2.24. The summed E-state index contributed by atoms with van der Waals surface area (Å²) < 4.78 is 13.3. The third kappa shape index (κ3) is 6.07. The van der Waals surface area contributed by atoms with Gasteiger partial charge in [-0.25, -0.2) is 4.39 Å². The van der Waals surface area contributed by atoms with E-state index in [1.54, 1.807) is 30.9 Å². The van der Waals surface area contributed by atoms with Crippen molar-refractivity contribution in [2.24, 2.45) is 0 Å². The van der Waals surface area contributed by atoms with Crippen LogP contribution >= 0.6 is 11.8 Å². The highest BCUT2D eigenvalue weighted by molar-refractivity contribution is 8.00. The van der Waals surface area contributed by atoms with Gasteiger partial charge in [0.25, 0.3) is 0 Å². The maximum absolute atomic E-state index is 13.3. The molecule has 0 aliphatic heterocycles. The van der Waals surface area contributed by atoms with Gasteiger partial charge in [0.15, 0.2) is 0 Å². The molecular weight excluding hydrogens is 387 g/mol. The molecule has 0 spiro atoms. The maximum Gasteiger partial charge on any atom is 0.238 e. The molecule has 2 N–H and O–H groups in total. The molecule has 1 aliphatic carbocycles. The molecule has 2 atom stereocenters. The SMILES string of the molecule is CNC(=O)CC(NC(=O)C(SC1CCCC1)c1ccccc1)c1ccc(F)cc1. The molecule has 2 aromatic carbocycles. The first-order chi connectivity index (χ1) is 14.1. The van der Waals surface area contributed by atoms with E-state index in [4.69, 9.17) is 0 Å². The zero-order valence-electron chi connectivity index (χ0n) is 16.6. The molecule has 2 aromatic rings. The minimum atomic E-state index is -0.515. The number of hydrogen-bond acceptors (Lipinski definition) is 3. The summed E-state index contributed by atoms with van der Waals surface area (Å²) in [5.74, 6) is -0.650. The van der Waals surface area contributed by atoms with Gasteiger partial charge in [0.1, 0.15) is 11.1 Å². The molecule has 2 amide bonds. The van der Waals surface area contributed by atoms with Crippen molar-refractivity contribution < 1.29 is 14.0 Å². The predicted molar refractivity (Wildman–Crippen MR) is 115 cm³/mol. The molecule has 0 saturated heterocycles. The van der Waals surface area contributed by atoms with E-state index in [1.807, 2.05) is 30.3 Å². The van der Waals surface area contributed by atoms with Gasteiger partial charge in [-0.05, 0) is 36.1 Å². The molecular formula is C23H27FN2O2S. The molecule has 0 aromatic heterocycles. The summed E-state index contributed by atoms with van der Waals surface area (Å²) in [5.41, 5.74) is 1.67. The smallest absolute Gasteiger partial charge is 0.238 e. The largest absolute Gasteiger partial charge is 0.359 e. The van der Waals surface area contributed by atoms with Crippen LogP contribution in [0.3, 0.4) is 0 Å². The minimum absolute atomic E-state index is 0.101. The molecule has 0 bridgehead atoms. The van der Waals surface area contributed by atoms with Gasteiger partial charge < -0.3 is 10.6 Å². The van der Waals surface area contributed by atoms with E-state index >= 15 is 0 Å². The summed E-state index contributed by atoms with van der Waals surface area (Å²) in [4.78, 5) is 25.3. The van der Waals surface area contributed by atoms with E-state index in [9.17, 15) is 14.0 Å². The first-order valence-corrected chi connectivity index (χ1v) is 11.0. The third-order valence-electron chi connectivity index (χ3n) is 5.23. The topological polar surface area (TPSA) is 58.2 Å². The lowest BCUT2D eigenvalue weighted by atomic mass is 10.0. The lowest BCUT2D eigenvalue weighted by molar-refractivity contribution is -0.123. The van der Waals surface area contributed by atoms with Crippen LogP contribution in [0.15, 0.2) is 54.6 Å². The predicted octanol–water partition coefficient (Wildman–Crippen LogP) is 4.54. The Balaban J connectivity index is 1.81. The summed E-state index contributed by atoms with van der Waals surface area (Å²) in [6.45, 7) is 0. The number of carbonyl (C=O) groups excluding carboxylic acids is 2. The van der Waals surface area contributed by atoms with Crippen LogP contribution in [0, 0.1) is 5.82 Å². The molecule has 1 aliphatic rings. The lowest BCUT2D eigenvalue weighted by Crippen LogP contribution is -2.35. The van der Waals surface area contributed by atoms with E-state index in [-0.39, 0.29) is 29.3 Å². The van der Waals surface area contributed by atoms with E-state index in [0.717, 1.165) is 18.4 Å². The van der Waals surface area contributed by atoms with Gasteiger partial charge in [-0.2, -0.15) is 0 Å². The number of thioether (sulfide) groups is 1.